The highest BCUT2D eigenvalue weighted by molar-refractivity contribution is 9.09. The van der Waals surface area contributed by atoms with Gasteiger partial charge >= 0.3 is 0 Å². The second-order valence-corrected chi connectivity index (χ2v) is 5.43. The van der Waals surface area contributed by atoms with E-state index in [0.29, 0.717) is 11.3 Å². The molecule has 0 radical (unpaired) electrons. The number of alkyl halides is 1. The lowest BCUT2D eigenvalue weighted by molar-refractivity contribution is 0.199. The van der Waals surface area contributed by atoms with Crippen LogP contribution in [0.3, 0.4) is 0 Å². The van der Waals surface area contributed by atoms with Crippen molar-refractivity contribution in [2.24, 2.45) is 21.9 Å². The molecule has 3 heteroatoms. The third kappa shape index (κ3) is 0.915. The van der Waals surface area contributed by atoms with E-state index in [1.165, 1.54) is 12.8 Å². The minimum Gasteiger partial charge on any atom is -0.411 e. The minimum absolute atomic E-state index is 0.135. The second kappa shape index (κ2) is 2.72. The quantitative estimate of drug-likeness (QED) is 0.430. The molecule has 0 aromatic heterocycles. The molecular formula is C10H16BrNO. The third-order valence-electron chi connectivity index (χ3n) is 4.63. The predicted molar refractivity (Wildman–Crippen MR) is 56.6 cm³/mol. The first kappa shape index (κ1) is 9.50. The summed E-state index contributed by atoms with van der Waals surface area (Å²) in [6.45, 7) is 4.56. The van der Waals surface area contributed by atoms with Gasteiger partial charge in [-0.15, -0.1) is 0 Å². The van der Waals surface area contributed by atoms with Crippen LogP contribution >= 0.6 is 15.9 Å². The van der Waals surface area contributed by atoms with Crippen molar-refractivity contribution in [1.82, 2.24) is 0 Å². The zero-order valence-corrected chi connectivity index (χ0v) is 9.76. The molecule has 0 unspecified atom stereocenters. The van der Waals surface area contributed by atoms with Gasteiger partial charge in [0.05, 0.1) is 5.71 Å². The molecule has 3 atom stereocenters. The van der Waals surface area contributed by atoms with Crippen LogP contribution in [0.15, 0.2) is 5.16 Å². The number of rotatable bonds is 1. The van der Waals surface area contributed by atoms with E-state index in [2.05, 4.69) is 34.9 Å². The van der Waals surface area contributed by atoms with Crippen molar-refractivity contribution >= 4 is 21.6 Å². The largest absolute Gasteiger partial charge is 0.411 e. The Morgan fingerprint density at radius 1 is 1.62 bits per heavy atom. The molecule has 0 spiro atoms. The second-order valence-electron chi connectivity index (χ2n) is 4.87. The molecule has 0 heterocycles. The lowest BCUT2D eigenvalue weighted by atomic mass is 9.70. The molecule has 74 valence electrons. The van der Waals surface area contributed by atoms with Gasteiger partial charge in [-0.3, -0.25) is 0 Å². The van der Waals surface area contributed by atoms with Crippen LogP contribution in [0.1, 0.15) is 33.1 Å². The molecule has 2 saturated carbocycles. The summed E-state index contributed by atoms with van der Waals surface area (Å²) in [5.74, 6) is 0.711. The molecule has 1 N–H and O–H groups in total. The number of fused-ring (bicyclic) bond motifs is 2. The number of oxime groups is 1. The van der Waals surface area contributed by atoms with Gasteiger partial charge in [0, 0.05) is 10.7 Å². The van der Waals surface area contributed by atoms with Crippen molar-refractivity contribution in [3.8, 4) is 0 Å². The van der Waals surface area contributed by atoms with Gasteiger partial charge in [-0.25, -0.2) is 0 Å². The van der Waals surface area contributed by atoms with Crippen molar-refractivity contribution in [2.45, 2.75) is 33.1 Å². The fourth-order valence-corrected chi connectivity index (χ4v) is 4.26. The Morgan fingerprint density at radius 3 is 2.69 bits per heavy atom. The van der Waals surface area contributed by atoms with Crippen LogP contribution in [0.5, 0.6) is 0 Å². The van der Waals surface area contributed by atoms with Gasteiger partial charge in [-0.05, 0) is 30.6 Å². The van der Waals surface area contributed by atoms with E-state index in [-0.39, 0.29) is 5.41 Å². The molecule has 0 saturated heterocycles. The summed E-state index contributed by atoms with van der Waals surface area (Å²) in [5, 5.41) is 13.4. The van der Waals surface area contributed by atoms with Crippen LogP contribution in [-0.2, 0) is 0 Å². The SMILES string of the molecule is C[C@@]12CC[C@H](C/C1=N\O)[C@@]2(C)CBr. The molecular weight excluding hydrogens is 230 g/mol. The highest BCUT2D eigenvalue weighted by Gasteiger charge is 2.62. The Labute approximate surface area is 87.5 Å². The van der Waals surface area contributed by atoms with Crippen molar-refractivity contribution in [1.29, 1.82) is 0 Å². The van der Waals surface area contributed by atoms with E-state index in [0.717, 1.165) is 17.5 Å². The van der Waals surface area contributed by atoms with Crippen LogP contribution in [0.25, 0.3) is 0 Å². The van der Waals surface area contributed by atoms with Gasteiger partial charge < -0.3 is 5.21 Å². The summed E-state index contributed by atoms with van der Waals surface area (Å²) in [5.41, 5.74) is 1.45. The normalized spacial score (nSPS) is 51.9. The first-order valence-corrected chi connectivity index (χ1v) is 5.98. The summed E-state index contributed by atoms with van der Waals surface area (Å²) in [7, 11) is 0. The Hall–Kier alpha value is -0.0500. The van der Waals surface area contributed by atoms with Crippen molar-refractivity contribution < 1.29 is 5.21 Å². The third-order valence-corrected chi connectivity index (χ3v) is 5.79. The molecule has 13 heavy (non-hydrogen) atoms. The maximum atomic E-state index is 8.95. The summed E-state index contributed by atoms with van der Waals surface area (Å²) in [4.78, 5) is 0. The maximum absolute atomic E-state index is 8.95. The van der Waals surface area contributed by atoms with E-state index in [1.54, 1.807) is 0 Å². The molecule has 2 rings (SSSR count). The fourth-order valence-electron chi connectivity index (χ4n) is 3.19. The van der Waals surface area contributed by atoms with Gasteiger partial charge in [0.25, 0.3) is 0 Å². The number of hydrogen-bond acceptors (Lipinski definition) is 2. The average Bonchev–Trinajstić information content (AvgIpc) is 2.51. The van der Waals surface area contributed by atoms with Crippen molar-refractivity contribution in [3.05, 3.63) is 0 Å². The molecule has 0 amide bonds. The molecule has 2 aliphatic rings. The Balaban J connectivity index is 2.45. The lowest BCUT2D eigenvalue weighted by Gasteiger charge is -2.36. The van der Waals surface area contributed by atoms with Gasteiger partial charge in [-0.2, -0.15) is 0 Å². The van der Waals surface area contributed by atoms with Gasteiger partial charge in [0.2, 0.25) is 0 Å². The zero-order chi connectivity index (χ0) is 9.69. The number of hydrogen-bond donors (Lipinski definition) is 1. The van der Waals surface area contributed by atoms with Crippen LogP contribution in [0, 0.1) is 16.7 Å². The first-order valence-electron chi connectivity index (χ1n) is 4.86. The Kier molecular flexibility index (Phi) is 1.99. The summed E-state index contributed by atoms with van der Waals surface area (Å²) in [6.07, 6.45) is 3.46. The smallest absolute Gasteiger partial charge is 0.0638 e. The highest BCUT2D eigenvalue weighted by atomic mass is 79.9. The van der Waals surface area contributed by atoms with Crippen LogP contribution in [0.4, 0.5) is 0 Å². The maximum Gasteiger partial charge on any atom is 0.0638 e. The van der Waals surface area contributed by atoms with E-state index in [1.807, 2.05) is 0 Å². The van der Waals surface area contributed by atoms with E-state index >= 15 is 0 Å². The molecule has 0 aliphatic heterocycles. The van der Waals surface area contributed by atoms with E-state index in [9.17, 15) is 0 Å². The summed E-state index contributed by atoms with van der Waals surface area (Å²) < 4.78 is 0. The van der Waals surface area contributed by atoms with Gasteiger partial charge in [0.15, 0.2) is 0 Å². The average molecular weight is 246 g/mol. The minimum atomic E-state index is 0.135. The molecule has 0 aromatic carbocycles. The lowest BCUT2D eigenvalue weighted by Crippen LogP contribution is -2.36. The standard InChI is InChI=1S/C10H16BrNO/c1-9-4-3-7(5-8(9)12-13)10(9,2)6-11/h7,13H,3-6H2,1-2H3/b12-8+/t7-,9-,10-/m1/s1. The van der Waals surface area contributed by atoms with Crippen LogP contribution in [0.2, 0.25) is 0 Å². The topological polar surface area (TPSA) is 32.6 Å². The van der Waals surface area contributed by atoms with Gasteiger partial charge in [-0.1, -0.05) is 34.9 Å². The molecule has 2 aliphatic carbocycles. The van der Waals surface area contributed by atoms with E-state index in [4.69, 9.17) is 5.21 Å². The highest BCUT2D eigenvalue weighted by Crippen LogP contribution is 2.64. The monoisotopic (exact) mass is 245 g/mol. The summed E-state index contributed by atoms with van der Waals surface area (Å²) in [6, 6.07) is 0. The van der Waals surface area contributed by atoms with Crippen LogP contribution < -0.4 is 0 Å². The molecule has 2 fully saturated rings. The van der Waals surface area contributed by atoms with Crippen LogP contribution in [-0.4, -0.2) is 16.2 Å². The van der Waals surface area contributed by atoms with Crippen molar-refractivity contribution in [3.63, 3.8) is 0 Å². The predicted octanol–water partition coefficient (Wildman–Crippen LogP) is 3.04. The number of nitrogens with zero attached hydrogens (tertiary/aromatic N) is 1. The molecule has 2 nitrogen and oxygen atoms in total. The van der Waals surface area contributed by atoms with Crippen molar-refractivity contribution in [2.75, 3.05) is 5.33 Å². The fraction of sp³-hybridized carbons (Fsp3) is 0.900. The van der Waals surface area contributed by atoms with Gasteiger partial charge in [0.1, 0.15) is 0 Å². The van der Waals surface area contributed by atoms with E-state index < -0.39 is 0 Å². The number of halogens is 1. The molecule has 2 bridgehead atoms. The summed E-state index contributed by atoms with van der Waals surface area (Å²) >= 11 is 3.61. The Bertz CT molecular complexity index is 266. The molecule has 0 aromatic rings. The Morgan fingerprint density at radius 2 is 2.31 bits per heavy atom. The zero-order valence-electron chi connectivity index (χ0n) is 8.18. The first-order chi connectivity index (χ1) is 6.08.